The standard InChI is InChI=1S/C18H17ClN4O3S/c1-18(7-8-27-17(20)22-18)11-3-2-4-12(9-11)21-16(24)14-6-5-13(23(25)26)10-15(14)19/h2-6,9-10H,7-8H2,1H3,(H3-,20,21,22,24,25,26)/p+1. The van der Waals surface area contributed by atoms with Crippen LogP contribution in [0.4, 0.5) is 11.4 Å². The quantitative estimate of drug-likeness (QED) is 0.665. The van der Waals surface area contributed by atoms with Crippen LogP contribution in [0.5, 0.6) is 0 Å². The van der Waals surface area contributed by atoms with E-state index in [1.807, 2.05) is 25.1 Å². The van der Waals surface area contributed by atoms with Gasteiger partial charge in [0.05, 0.1) is 21.0 Å². The molecule has 0 aliphatic carbocycles. The Morgan fingerprint density at radius 1 is 1.37 bits per heavy atom. The van der Waals surface area contributed by atoms with E-state index in [0.29, 0.717) is 10.9 Å². The molecule has 0 spiro atoms. The summed E-state index contributed by atoms with van der Waals surface area (Å²) in [6.07, 6.45) is 0.843. The van der Waals surface area contributed by atoms with Gasteiger partial charge in [0.25, 0.3) is 10.8 Å². The van der Waals surface area contributed by atoms with Crippen molar-refractivity contribution in [2.45, 2.75) is 18.9 Å². The van der Waals surface area contributed by atoms with Crippen molar-refractivity contribution in [3.63, 3.8) is 0 Å². The number of anilines is 1. The van der Waals surface area contributed by atoms with Gasteiger partial charge in [0.15, 0.2) is 5.17 Å². The van der Waals surface area contributed by atoms with Gasteiger partial charge in [-0.2, -0.15) is 0 Å². The van der Waals surface area contributed by atoms with Crippen LogP contribution in [-0.4, -0.2) is 27.0 Å². The van der Waals surface area contributed by atoms with E-state index in [4.69, 9.17) is 22.5 Å². The molecule has 1 aliphatic rings. The van der Waals surface area contributed by atoms with Crippen LogP contribution >= 0.6 is 23.4 Å². The van der Waals surface area contributed by atoms with E-state index in [0.717, 1.165) is 17.7 Å². The van der Waals surface area contributed by atoms with Crippen molar-refractivity contribution in [2.24, 2.45) is 10.7 Å². The summed E-state index contributed by atoms with van der Waals surface area (Å²) in [4.78, 5) is 27.7. The number of nitrogens with one attached hydrogen (secondary N) is 1. The third-order valence-corrected chi connectivity index (χ3v) is 5.46. The van der Waals surface area contributed by atoms with Crippen LogP contribution in [0, 0.1) is 4.91 Å². The molecule has 0 saturated heterocycles. The molecule has 1 heterocycles. The second-order valence-corrected chi connectivity index (χ2v) is 7.82. The molecular weight excluding hydrogens is 388 g/mol. The van der Waals surface area contributed by atoms with E-state index < -0.39 is 11.4 Å². The summed E-state index contributed by atoms with van der Waals surface area (Å²) < 4.78 is 0. The SMILES string of the molecule is CC1(c2cccc(NC(=O)c3ccc([N+](=O)O)cc3Cl)c2)CCSC(N)=N1. The molecule has 1 amide bonds. The largest absolute Gasteiger partial charge is 0.379 e. The van der Waals surface area contributed by atoms with Crippen molar-refractivity contribution < 1.29 is 14.9 Å². The van der Waals surface area contributed by atoms with Crippen molar-refractivity contribution in [3.05, 3.63) is 63.5 Å². The molecule has 2 aromatic carbocycles. The molecule has 7 nitrogen and oxygen atoms in total. The normalized spacial score (nSPS) is 19.3. The summed E-state index contributed by atoms with van der Waals surface area (Å²) in [6.45, 7) is 2.01. The van der Waals surface area contributed by atoms with Crippen LogP contribution in [0.2, 0.25) is 5.02 Å². The highest BCUT2D eigenvalue weighted by atomic mass is 35.5. The second kappa shape index (κ2) is 7.58. The van der Waals surface area contributed by atoms with Crippen LogP contribution in [0.25, 0.3) is 0 Å². The number of nitrogens with two attached hydrogens (primary N) is 1. The van der Waals surface area contributed by atoms with Gasteiger partial charge in [-0.15, -0.1) is 0 Å². The van der Waals surface area contributed by atoms with Crippen molar-refractivity contribution in [2.75, 3.05) is 11.1 Å². The van der Waals surface area contributed by atoms with Crippen molar-refractivity contribution >= 4 is 45.8 Å². The van der Waals surface area contributed by atoms with Crippen LogP contribution < -0.4 is 11.1 Å². The molecular formula is C18H18ClN4O3S+. The first-order valence-electron chi connectivity index (χ1n) is 8.14. The lowest BCUT2D eigenvalue weighted by molar-refractivity contribution is -0.729. The lowest BCUT2D eigenvalue weighted by atomic mass is 9.89. The first-order valence-corrected chi connectivity index (χ1v) is 9.50. The number of hydrogen-bond donors (Lipinski definition) is 3. The molecule has 4 N–H and O–H groups in total. The minimum atomic E-state index is -0.436. The average molecular weight is 406 g/mol. The molecule has 27 heavy (non-hydrogen) atoms. The van der Waals surface area contributed by atoms with Gasteiger partial charge in [0.2, 0.25) is 0 Å². The number of carbonyl (C=O) groups is 1. The summed E-state index contributed by atoms with van der Waals surface area (Å²) >= 11 is 7.59. The summed E-state index contributed by atoms with van der Waals surface area (Å²) in [5.74, 6) is 0.456. The number of rotatable bonds is 4. The van der Waals surface area contributed by atoms with Gasteiger partial charge < -0.3 is 11.1 Å². The van der Waals surface area contributed by atoms with E-state index in [-0.39, 0.29) is 21.2 Å². The maximum atomic E-state index is 12.5. The van der Waals surface area contributed by atoms with Crippen LogP contribution in [0.15, 0.2) is 47.5 Å². The summed E-state index contributed by atoms with van der Waals surface area (Å²) in [5.41, 5.74) is 7.12. The number of halogens is 1. The Morgan fingerprint density at radius 2 is 2.15 bits per heavy atom. The summed E-state index contributed by atoms with van der Waals surface area (Å²) in [5, 5.41) is 12.3. The fourth-order valence-corrected chi connectivity index (χ4v) is 4.07. The number of amides is 1. The van der Waals surface area contributed by atoms with Crippen molar-refractivity contribution in [1.29, 1.82) is 0 Å². The first kappa shape index (κ1) is 19.2. The molecule has 140 valence electrons. The minimum Gasteiger partial charge on any atom is -0.379 e. The molecule has 0 fully saturated rings. The second-order valence-electron chi connectivity index (χ2n) is 6.29. The molecule has 0 bridgehead atoms. The van der Waals surface area contributed by atoms with Crippen LogP contribution in [-0.2, 0) is 5.54 Å². The lowest BCUT2D eigenvalue weighted by Crippen LogP contribution is -2.28. The van der Waals surface area contributed by atoms with Gasteiger partial charge in [0, 0.05) is 23.6 Å². The summed E-state index contributed by atoms with van der Waals surface area (Å²) in [6, 6.07) is 11.3. The molecule has 3 rings (SSSR count). The Hall–Kier alpha value is -2.58. The Bertz CT molecular complexity index is 950. The highest BCUT2D eigenvalue weighted by Crippen LogP contribution is 2.36. The predicted octanol–water partition coefficient (Wildman–Crippen LogP) is 4.06. The average Bonchev–Trinajstić information content (AvgIpc) is 2.61. The Kier molecular flexibility index (Phi) is 5.38. The zero-order chi connectivity index (χ0) is 19.6. The van der Waals surface area contributed by atoms with Crippen LogP contribution in [0.1, 0.15) is 29.3 Å². The molecule has 1 aliphatic heterocycles. The van der Waals surface area contributed by atoms with Gasteiger partial charge >= 0.3 is 5.69 Å². The summed E-state index contributed by atoms with van der Waals surface area (Å²) in [7, 11) is 0. The number of thioether (sulfide) groups is 1. The van der Waals surface area contributed by atoms with E-state index in [1.165, 1.54) is 30.0 Å². The number of carbonyl (C=O) groups excluding carboxylic acids is 1. The molecule has 9 heteroatoms. The van der Waals surface area contributed by atoms with Crippen molar-refractivity contribution in [1.82, 2.24) is 0 Å². The van der Waals surface area contributed by atoms with Gasteiger partial charge in [-0.3, -0.25) is 9.79 Å². The highest BCUT2D eigenvalue weighted by Gasteiger charge is 2.29. The number of aliphatic imine (C=N–C) groups is 1. The highest BCUT2D eigenvalue weighted by molar-refractivity contribution is 8.13. The Balaban J connectivity index is 1.83. The lowest BCUT2D eigenvalue weighted by Gasteiger charge is -2.30. The maximum absolute atomic E-state index is 12.5. The zero-order valence-electron chi connectivity index (χ0n) is 14.5. The number of hydrogen-bond acceptors (Lipinski definition) is 5. The Morgan fingerprint density at radius 3 is 2.81 bits per heavy atom. The van der Waals surface area contributed by atoms with Gasteiger partial charge in [-0.05, 0) is 37.1 Å². The molecule has 0 radical (unpaired) electrons. The third-order valence-electron chi connectivity index (χ3n) is 4.36. The molecule has 2 aromatic rings. The number of amidine groups is 1. The van der Waals surface area contributed by atoms with E-state index in [9.17, 15) is 9.70 Å². The first-order chi connectivity index (χ1) is 12.8. The maximum Gasteiger partial charge on any atom is 0.318 e. The van der Waals surface area contributed by atoms with E-state index in [2.05, 4.69) is 10.3 Å². The van der Waals surface area contributed by atoms with E-state index in [1.54, 1.807) is 6.07 Å². The topological polar surface area (TPSA) is 108 Å². The minimum absolute atomic E-state index is 0.0582. The molecule has 0 aromatic heterocycles. The van der Waals surface area contributed by atoms with E-state index >= 15 is 0 Å². The smallest absolute Gasteiger partial charge is 0.318 e. The monoisotopic (exact) mass is 405 g/mol. The molecule has 1 atom stereocenters. The number of benzene rings is 2. The molecule has 1 unspecified atom stereocenters. The van der Waals surface area contributed by atoms with Gasteiger partial charge in [-0.25, -0.2) is 5.21 Å². The van der Waals surface area contributed by atoms with Gasteiger partial charge in [-0.1, -0.05) is 35.5 Å². The third kappa shape index (κ3) is 4.23. The predicted molar refractivity (Wildman–Crippen MR) is 107 cm³/mol. The fourth-order valence-electron chi connectivity index (χ4n) is 2.83. The molecule has 0 saturated carbocycles. The van der Waals surface area contributed by atoms with Crippen molar-refractivity contribution in [3.8, 4) is 0 Å². The van der Waals surface area contributed by atoms with Gasteiger partial charge in [0.1, 0.15) is 0 Å². The Labute approximate surface area is 165 Å². The fraction of sp³-hybridized carbons (Fsp3) is 0.222. The van der Waals surface area contributed by atoms with Crippen LogP contribution in [0.3, 0.4) is 0 Å². The zero-order valence-corrected chi connectivity index (χ0v) is 16.0. The number of nitrogens with zero attached hydrogens (tertiary/aromatic N) is 2.